The van der Waals surface area contributed by atoms with Crippen LogP contribution in [0.3, 0.4) is 0 Å². The van der Waals surface area contributed by atoms with Gasteiger partial charge in [-0.25, -0.2) is 8.78 Å². The van der Waals surface area contributed by atoms with Gasteiger partial charge in [0, 0.05) is 32.6 Å². The molecule has 0 radical (unpaired) electrons. The summed E-state index contributed by atoms with van der Waals surface area (Å²) in [4.78, 5) is 29.4. The zero-order valence-electron chi connectivity index (χ0n) is 16.6. The molecule has 0 bridgehead atoms. The normalized spacial score (nSPS) is 28.2. The Hall–Kier alpha value is -1.28. The van der Waals surface area contributed by atoms with Gasteiger partial charge in [-0.15, -0.1) is 0 Å². The third-order valence-electron chi connectivity index (χ3n) is 6.41. The Morgan fingerprint density at radius 2 is 1.74 bits per heavy atom. The largest absolute Gasteiger partial charge is 0.347 e. The number of rotatable bonds is 4. The van der Waals surface area contributed by atoms with E-state index in [1.807, 2.05) is 0 Å². The van der Waals surface area contributed by atoms with Gasteiger partial charge >= 0.3 is 0 Å². The summed E-state index contributed by atoms with van der Waals surface area (Å²) in [5, 5.41) is 2.30. The Labute approximate surface area is 160 Å². The summed E-state index contributed by atoms with van der Waals surface area (Å²) in [7, 11) is 0. The lowest BCUT2D eigenvalue weighted by Gasteiger charge is -2.55. The van der Waals surface area contributed by atoms with Gasteiger partial charge in [0.1, 0.15) is 0 Å². The summed E-state index contributed by atoms with van der Waals surface area (Å²) in [5.74, 6) is -3.78. The van der Waals surface area contributed by atoms with E-state index in [4.69, 9.17) is 0 Å². The van der Waals surface area contributed by atoms with Crippen LogP contribution in [-0.4, -0.2) is 90.3 Å². The molecule has 1 N–H and O–H groups in total. The van der Waals surface area contributed by atoms with Gasteiger partial charge in [-0.05, 0) is 51.6 Å². The molecule has 1 spiro atoms. The fourth-order valence-electron chi connectivity index (χ4n) is 4.55. The Kier molecular flexibility index (Phi) is 5.77. The van der Waals surface area contributed by atoms with E-state index in [0.717, 1.165) is 39.0 Å². The second-order valence-corrected chi connectivity index (χ2v) is 8.89. The van der Waals surface area contributed by atoms with Crippen molar-refractivity contribution in [2.24, 2.45) is 5.41 Å². The van der Waals surface area contributed by atoms with Gasteiger partial charge in [0.2, 0.25) is 11.8 Å². The number of carbonyl (C=O) groups is 2. The van der Waals surface area contributed by atoms with Gasteiger partial charge in [0.25, 0.3) is 5.92 Å². The van der Waals surface area contributed by atoms with Crippen molar-refractivity contribution in [1.29, 1.82) is 0 Å². The molecule has 0 aromatic carbocycles. The number of nitrogens with zero attached hydrogens (tertiary/aromatic N) is 3. The topological polar surface area (TPSA) is 55.9 Å². The van der Waals surface area contributed by atoms with Crippen LogP contribution in [0.2, 0.25) is 0 Å². The number of nitrogens with one attached hydrogen (secondary N) is 1. The van der Waals surface area contributed by atoms with Crippen LogP contribution in [0.25, 0.3) is 0 Å². The number of likely N-dealkylation sites (tertiary alicyclic amines) is 3. The smallest absolute Gasteiger partial charge is 0.285 e. The standard InChI is InChI=1S/C19H32F2N4O2/c1-14(2)25-11-18(12-25)5-8-23(9-6-18)10-17(27)24-7-4-16(22-15(3)26)19(20,21)13-24/h14,16H,4-13H2,1-3H3,(H,22,26). The summed E-state index contributed by atoms with van der Waals surface area (Å²) >= 11 is 0. The van der Waals surface area contributed by atoms with Crippen molar-refractivity contribution in [2.45, 2.75) is 58.0 Å². The van der Waals surface area contributed by atoms with E-state index >= 15 is 0 Å². The van der Waals surface area contributed by atoms with Crippen molar-refractivity contribution < 1.29 is 18.4 Å². The SMILES string of the molecule is CC(=O)NC1CCN(C(=O)CN2CCC3(CC2)CN(C(C)C)C3)CC1(F)F. The number of hydrogen-bond donors (Lipinski definition) is 1. The van der Waals surface area contributed by atoms with Gasteiger partial charge in [-0.3, -0.25) is 19.4 Å². The molecule has 1 unspecified atom stereocenters. The van der Waals surface area contributed by atoms with E-state index in [9.17, 15) is 18.4 Å². The predicted octanol–water partition coefficient (Wildman–Crippen LogP) is 1.16. The highest BCUT2D eigenvalue weighted by molar-refractivity contribution is 5.78. The maximum absolute atomic E-state index is 14.2. The highest BCUT2D eigenvalue weighted by Gasteiger charge is 2.47. The van der Waals surface area contributed by atoms with Crippen molar-refractivity contribution >= 4 is 11.8 Å². The van der Waals surface area contributed by atoms with E-state index in [0.29, 0.717) is 11.5 Å². The molecule has 0 aliphatic carbocycles. The van der Waals surface area contributed by atoms with Crippen LogP contribution in [0, 0.1) is 5.41 Å². The number of carbonyl (C=O) groups excluding carboxylic acids is 2. The molecule has 1 atom stereocenters. The van der Waals surface area contributed by atoms with Crippen LogP contribution in [0.1, 0.15) is 40.0 Å². The first kappa shape index (κ1) is 20.5. The van der Waals surface area contributed by atoms with Crippen molar-refractivity contribution in [1.82, 2.24) is 20.0 Å². The summed E-state index contributed by atoms with van der Waals surface area (Å²) in [6, 6.07) is -0.603. The quantitative estimate of drug-likeness (QED) is 0.788. The van der Waals surface area contributed by atoms with Crippen LogP contribution in [0.5, 0.6) is 0 Å². The van der Waals surface area contributed by atoms with Crippen LogP contribution in [0.4, 0.5) is 8.78 Å². The Morgan fingerprint density at radius 1 is 1.11 bits per heavy atom. The molecule has 2 amide bonds. The molecule has 3 rings (SSSR count). The minimum absolute atomic E-state index is 0.0897. The number of piperidine rings is 2. The molecule has 0 aromatic heterocycles. The second kappa shape index (κ2) is 7.62. The molecule has 0 aromatic rings. The van der Waals surface area contributed by atoms with E-state index in [2.05, 4.69) is 29.0 Å². The second-order valence-electron chi connectivity index (χ2n) is 8.89. The van der Waals surface area contributed by atoms with Gasteiger partial charge in [0.15, 0.2) is 0 Å². The Bertz CT molecular complexity index is 568. The monoisotopic (exact) mass is 386 g/mol. The van der Waals surface area contributed by atoms with Crippen LogP contribution < -0.4 is 5.32 Å². The first-order valence-corrected chi connectivity index (χ1v) is 9.99. The molecule has 8 heteroatoms. The lowest BCUT2D eigenvalue weighted by atomic mass is 9.71. The highest BCUT2D eigenvalue weighted by Crippen LogP contribution is 2.41. The maximum atomic E-state index is 14.2. The zero-order chi connectivity index (χ0) is 19.8. The first-order chi connectivity index (χ1) is 12.6. The van der Waals surface area contributed by atoms with E-state index in [1.165, 1.54) is 11.8 Å². The molecule has 154 valence electrons. The summed E-state index contributed by atoms with van der Waals surface area (Å²) < 4.78 is 28.5. The van der Waals surface area contributed by atoms with Gasteiger partial charge in [-0.2, -0.15) is 0 Å². The first-order valence-electron chi connectivity index (χ1n) is 9.99. The zero-order valence-corrected chi connectivity index (χ0v) is 16.6. The molecule has 6 nitrogen and oxygen atoms in total. The molecule has 27 heavy (non-hydrogen) atoms. The van der Waals surface area contributed by atoms with Gasteiger partial charge < -0.3 is 10.2 Å². The summed E-state index contributed by atoms with van der Waals surface area (Å²) in [6.45, 7) is 9.51. The predicted molar refractivity (Wildman–Crippen MR) is 98.6 cm³/mol. The third-order valence-corrected chi connectivity index (χ3v) is 6.41. The van der Waals surface area contributed by atoms with Crippen molar-refractivity contribution in [2.75, 3.05) is 45.8 Å². The van der Waals surface area contributed by atoms with Gasteiger partial charge in [-0.1, -0.05) is 0 Å². The summed E-state index contributed by atoms with van der Waals surface area (Å²) in [5.41, 5.74) is 0.396. The van der Waals surface area contributed by atoms with E-state index < -0.39 is 24.4 Å². The average Bonchev–Trinajstić information content (AvgIpc) is 2.54. The molecule has 3 aliphatic heterocycles. The van der Waals surface area contributed by atoms with Gasteiger partial charge in [0.05, 0.1) is 19.1 Å². The minimum Gasteiger partial charge on any atom is -0.347 e. The molecule has 3 fully saturated rings. The maximum Gasteiger partial charge on any atom is 0.285 e. The van der Waals surface area contributed by atoms with Crippen LogP contribution in [-0.2, 0) is 9.59 Å². The van der Waals surface area contributed by atoms with E-state index in [1.54, 1.807) is 0 Å². The average molecular weight is 386 g/mol. The summed E-state index contributed by atoms with van der Waals surface area (Å²) in [6.07, 6.45) is 2.24. The molecular formula is C19H32F2N4O2. The van der Waals surface area contributed by atoms with Crippen molar-refractivity contribution in [3.63, 3.8) is 0 Å². The number of hydrogen-bond acceptors (Lipinski definition) is 4. The minimum atomic E-state index is -3.09. The number of alkyl halides is 2. The van der Waals surface area contributed by atoms with E-state index in [-0.39, 0.29) is 25.4 Å². The fourth-order valence-corrected chi connectivity index (χ4v) is 4.55. The Balaban J connectivity index is 1.45. The van der Waals surface area contributed by atoms with Crippen LogP contribution in [0.15, 0.2) is 0 Å². The van der Waals surface area contributed by atoms with Crippen LogP contribution >= 0.6 is 0 Å². The Morgan fingerprint density at radius 3 is 2.26 bits per heavy atom. The van der Waals surface area contributed by atoms with Crippen molar-refractivity contribution in [3.05, 3.63) is 0 Å². The third kappa shape index (κ3) is 4.59. The molecule has 3 heterocycles. The number of halogens is 2. The fraction of sp³-hybridized carbons (Fsp3) is 0.895. The molecule has 0 saturated carbocycles. The molecule has 3 saturated heterocycles. The lowest BCUT2D eigenvalue weighted by Crippen LogP contribution is -2.63. The molecular weight excluding hydrogens is 354 g/mol. The highest BCUT2D eigenvalue weighted by atomic mass is 19.3. The van der Waals surface area contributed by atoms with Crippen molar-refractivity contribution in [3.8, 4) is 0 Å². The molecule has 3 aliphatic rings. The lowest BCUT2D eigenvalue weighted by molar-refractivity contribution is -0.149. The number of amides is 2.